The molecule has 6 aromatic heterocycles. The Morgan fingerprint density at radius 1 is 0.260 bits per heavy atom. The Kier molecular flexibility index (Phi) is 9.20. The van der Waals surface area contributed by atoms with E-state index in [-0.39, 0.29) is 35.0 Å². The van der Waals surface area contributed by atoms with Crippen molar-refractivity contribution in [2.24, 2.45) is 0 Å². The summed E-state index contributed by atoms with van der Waals surface area (Å²) in [6.07, 6.45) is 16.2. The maximum atomic E-state index is 4.63. The van der Waals surface area contributed by atoms with Crippen molar-refractivity contribution in [2.75, 3.05) is 0 Å². The maximum Gasteiger partial charge on any atom is 0.0658 e. The topological polar surface area (TPSA) is 115 Å². The number of fused-ring (bicyclic) bond motifs is 16. The molecule has 10 rings (SSSR count). The van der Waals surface area contributed by atoms with E-state index < -0.39 is 0 Å². The molecule has 10 heteroatoms. The molecule has 0 saturated carbocycles. The molecule has 8 nitrogen and oxygen atoms in total. The molecule has 0 aromatic carbocycles. The molecule has 6 aromatic rings. The van der Waals surface area contributed by atoms with Crippen molar-refractivity contribution in [3.05, 3.63) is 143 Å². The van der Waals surface area contributed by atoms with E-state index >= 15 is 0 Å². The normalized spacial score (nSPS) is 12.2. The van der Waals surface area contributed by atoms with Crippen LogP contribution >= 0.6 is 0 Å². The molecule has 4 N–H and O–H groups in total. The van der Waals surface area contributed by atoms with Gasteiger partial charge in [0, 0.05) is 79.2 Å². The first-order chi connectivity index (χ1) is 23.6. The average Bonchev–Trinajstić information content (AvgIpc) is 3.91. The van der Waals surface area contributed by atoms with Crippen molar-refractivity contribution in [1.82, 2.24) is 39.9 Å². The summed E-state index contributed by atoms with van der Waals surface area (Å²) in [7, 11) is 0. The summed E-state index contributed by atoms with van der Waals surface area (Å²) < 4.78 is 0. The van der Waals surface area contributed by atoms with E-state index in [2.05, 4.69) is 88.4 Å². The van der Waals surface area contributed by atoms with Gasteiger partial charge < -0.3 is 19.9 Å². The van der Waals surface area contributed by atoms with Crippen LogP contribution in [-0.2, 0) is 35.0 Å². The summed E-state index contributed by atoms with van der Waals surface area (Å²) >= 11 is 0. The predicted octanol–water partition coefficient (Wildman–Crippen LogP) is 9.31. The Morgan fingerprint density at radius 2 is 0.400 bits per heavy atom. The third-order valence-electron chi connectivity index (χ3n) is 8.08. The van der Waals surface area contributed by atoms with Gasteiger partial charge in [0.2, 0.25) is 0 Å². The summed E-state index contributed by atoms with van der Waals surface area (Å²) in [6.45, 7) is 0. The first-order valence-electron chi connectivity index (χ1n) is 15.7. The zero-order chi connectivity index (χ0) is 31.9. The number of aromatic nitrogens is 8. The minimum absolute atomic E-state index is 0. The van der Waals surface area contributed by atoms with Gasteiger partial charge in [0.1, 0.15) is 0 Å². The fourth-order valence-electron chi connectivity index (χ4n) is 5.89. The van der Waals surface area contributed by atoms with Gasteiger partial charge in [0.25, 0.3) is 0 Å². The number of H-pyrrole nitrogens is 4. The maximum absolute atomic E-state index is 4.63. The van der Waals surface area contributed by atoms with Crippen molar-refractivity contribution in [3.63, 3.8) is 0 Å². The van der Waals surface area contributed by atoms with Gasteiger partial charge in [-0.2, -0.15) is 0 Å². The zero-order valence-electron chi connectivity index (χ0n) is 26.4. The molecule has 50 heavy (non-hydrogen) atoms. The van der Waals surface area contributed by atoms with E-state index in [0.717, 1.165) is 89.7 Å². The molecule has 0 unspecified atom stereocenters. The van der Waals surface area contributed by atoms with Crippen LogP contribution < -0.4 is 0 Å². The molecule has 10 heterocycles. The van der Waals surface area contributed by atoms with Crippen LogP contribution in [0.2, 0.25) is 0 Å². The quantitative estimate of drug-likeness (QED) is 0.117. The second kappa shape index (κ2) is 14.0. The van der Waals surface area contributed by atoms with Crippen molar-refractivity contribution in [1.29, 1.82) is 0 Å². The van der Waals surface area contributed by atoms with Gasteiger partial charge in [0.05, 0.1) is 45.6 Å². The van der Waals surface area contributed by atoms with Gasteiger partial charge in [0.15, 0.2) is 0 Å². The van der Waals surface area contributed by atoms with Gasteiger partial charge >= 0.3 is 0 Å². The minimum atomic E-state index is 0. The van der Waals surface area contributed by atoms with Crippen LogP contribution in [0.15, 0.2) is 97.1 Å². The summed E-state index contributed by atoms with van der Waals surface area (Å²) in [5.41, 5.74) is 15.7. The van der Waals surface area contributed by atoms with Crippen LogP contribution in [0.1, 0.15) is 45.6 Å². The van der Waals surface area contributed by atoms with Gasteiger partial charge in [-0.15, -0.1) is 0 Å². The molecule has 1 radical (unpaired) electrons. The summed E-state index contributed by atoms with van der Waals surface area (Å²) in [4.78, 5) is 32.0. The van der Waals surface area contributed by atoms with Crippen molar-refractivity contribution in [3.8, 4) is 0 Å². The fourth-order valence-corrected chi connectivity index (χ4v) is 5.89. The second-order valence-corrected chi connectivity index (χ2v) is 11.8. The van der Waals surface area contributed by atoms with Crippen molar-refractivity contribution in [2.45, 2.75) is 0 Å². The third kappa shape index (κ3) is 7.46. The van der Waals surface area contributed by atoms with E-state index in [1.807, 2.05) is 97.1 Å². The molecule has 0 aliphatic carbocycles. The fraction of sp³-hybridized carbons (Fsp3) is 0. The first-order valence-corrected chi connectivity index (χ1v) is 15.7. The van der Waals surface area contributed by atoms with Crippen molar-refractivity contribution < 1.29 is 35.0 Å². The number of hydrogen-bond acceptors (Lipinski definition) is 4. The number of rotatable bonds is 0. The number of hydrogen-bond donors (Lipinski definition) is 4. The van der Waals surface area contributed by atoms with E-state index in [4.69, 9.17) is 0 Å². The van der Waals surface area contributed by atoms with Crippen LogP contribution in [-0.4, -0.2) is 39.9 Å². The van der Waals surface area contributed by atoms with E-state index in [1.165, 1.54) is 0 Å². The van der Waals surface area contributed by atoms with Crippen LogP contribution in [0.25, 0.3) is 92.7 Å². The number of nitrogens with zero attached hydrogens (tertiary/aromatic N) is 4. The monoisotopic (exact) mass is 729 g/mol. The molecule has 16 bridgehead atoms. The Morgan fingerprint density at radius 3 is 0.540 bits per heavy atom. The molecule has 4 aliphatic heterocycles. The summed E-state index contributed by atoms with van der Waals surface area (Å²) in [5.74, 6) is 0. The Hall–Kier alpha value is -5.72. The van der Waals surface area contributed by atoms with Gasteiger partial charge in [-0.25, -0.2) is 19.9 Å². The van der Waals surface area contributed by atoms with Gasteiger partial charge in [-0.3, -0.25) is 0 Å². The molecule has 4 aliphatic rings. The molecule has 0 amide bonds. The van der Waals surface area contributed by atoms with Gasteiger partial charge in [-0.05, 0) is 146 Å². The second-order valence-electron chi connectivity index (χ2n) is 11.8. The van der Waals surface area contributed by atoms with Crippen molar-refractivity contribution >= 4 is 92.7 Å². The first kappa shape index (κ1) is 32.8. The SMILES string of the molecule is C1=Cc2cc3ccc(cc4nc(cc5ccc(cc1n2)[nH]5)C=C4)[nH]3.C1=Cc2cc3ccc(cc4nc(cc5ccc(cc1n2)[nH]5)C=C4)[nH]3.[Ni].[V]. The van der Waals surface area contributed by atoms with E-state index in [1.54, 1.807) is 0 Å². The molecular formula is C40H28N8NiV. The Labute approximate surface area is 308 Å². The van der Waals surface area contributed by atoms with Gasteiger partial charge in [-0.1, -0.05) is 0 Å². The number of nitrogens with one attached hydrogen (secondary N) is 4. The number of aromatic amines is 4. The molecule has 243 valence electrons. The Balaban J connectivity index is 0.000000151. The summed E-state index contributed by atoms with van der Waals surface area (Å²) in [6, 6.07) is 32.7. The largest absolute Gasteiger partial charge is 0.355 e. The predicted molar refractivity (Wildman–Crippen MR) is 198 cm³/mol. The standard InChI is InChI=1S/2C20H14N4.Ni.V/c2*1-2-14-10-16-5-6-18(23-16)12-20-8-7-19(24-20)11-17-4-3-15(22-17)9-13(1)21-14;;/h2*1-12,21,24H;;. The average molecular weight is 730 g/mol. The molecule has 0 fully saturated rings. The van der Waals surface area contributed by atoms with Crippen LogP contribution in [0.3, 0.4) is 0 Å². The zero-order valence-corrected chi connectivity index (χ0v) is 28.8. The third-order valence-corrected chi connectivity index (χ3v) is 8.08. The minimum Gasteiger partial charge on any atom is -0.355 e. The smallest absolute Gasteiger partial charge is 0.0658 e. The molecule has 0 saturated heterocycles. The van der Waals surface area contributed by atoms with Crippen LogP contribution in [0.5, 0.6) is 0 Å². The van der Waals surface area contributed by atoms with Crippen LogP contribution in [0, 0.1) is 0 Å². The Bertz CT molecular complexity index is 2170. The van der Waals surface area contributed by atoms with E-state index in [0.29, 0.717) is 0 Å². The van der Waals surface area contributed by atoms with Crippen LogP contribution in [0.4, 0.5) is 0 Å². The molecule has 0 spiro atoms. The summed E-state index contributed by atoms with van der Waals surface area (Å²) in [5, 5.41) is 0. The molecule has 0 atom stereocenters. The van der Waals surface area contributed by atoms with E-state index in [9.17, 15) is 0 Å². The molecular weight excluding hydrogens is 702 g/mol.